The molecule has 0 aliphatic heterocycles. The van der Waals surface area contributed by atoms with Gasteiger partial charge in [0.15, 0.2) is 0 Å². The standard InChI is InChI=1S/C20H30O3S/c1-19-7-4-8-20(2,18(21)22)17(19)6-5-13-14-9-12(10-16(13)19)15(14)11-24(3)23/h12,15-17H,4-11H2,1-3H3,(H,21,22)/t12-,15?,16+,17-,19-,20+,24?/m0/s1. The van der Waals surface area contributed by atoms with Gasteiger partial charge in [0.1, 0.15) is 0 Å². The molecule has 0 aromatic rings. The van der Waals surface area contributed by atoms with E-state index in [9.17, 15) is 14.1 Å². The van der Waals surface area contributed by atoms with Crippen molar-refractivity contribution in [3.8, 4) is 0 Å². The third-order valence-electron chi connectivity index (χ3n) is 8.25. The number of carbonyl (C=O) groups is 1. The molecule has 5 aliphatic carbocycles. The third-order valence-corrected chi connectivity index (χ3v) is 9.08. The van der Waals surface area contributed by atoms with Crippen LogP contribution in [0.25, 0.3) is 0 Å². The molecule has 3 nitrogen and oxygen atoms in total. The number of hydrogen-bond donors (Lipinski definition) is 1. The van der Waals surface area contributed by atoms with Crippen molar-refractivity contribution in [3.63, 3.8) is 0 Å². The van der Waals surface area contributed by atoms with Crippen LogP contribution in [0.15, 0.2) is 11.1 Å². The summed E-state index contributed by atoms with van der Waals surface area (Å²) in [5.74, 6) is 2.41. The highest BCUT2D eigenvalue weighted by atomic mass is 32.2. The van der Waals surface area contributed by atoms with Crippen LogP contribution >= 0.6 is 0 Å². The summed E-state index contributed by atoms with van der Waals surface area (Å²) in [7, 11) is -0.714. The molecule has 3 saturated carbocycles. The first-order chi connectivity index (χ1) is 11.3. The molecule has 4 heteroatoms. The number of carboxylic acids is 1. The lowest BCUT2D eigenvalue weighted by Crippen LogP contribution is -2.56. The van der Waals surface area contributed by atoms with Crippen LogP contribution in [-0.4, -0.2) is 27.3 Å². The van der Waals surface area contributed by atoms with Crippen LogP contribution in [-0.2, 0) is 15.6 Å². The molecule has 7 atom stereocenters. The van der Waals surface area contributed by atoms with Crippen molar-refractivity contribution in [1.29, 1.82) is 0 Å². The fourth-order valence-corrected chi connectivity index (χ4v) is 7.99. The van der Waals surface area contributed by atoms with E-state index in [0.29, 0.717) is 23.7 Å². The van der Waals surface area contributed by atoms with Gasteiger partial charge in [-0.1, -0.05) is 24.5 Å². The number of carboxylic acid groups (broad SMARTS) is 1. The van der Waals surface area contributed by atoms with Crippen molar-refractivity contribution >= 4 is 16.8 Å². The van der Waals surface area contributed by atoms with Gasteiger partial charge in [-0.2, -0.15) is 0 Å². The average Bonchev–Trinajstić information content (AvgIpc) is 2.51. The Labute approximate surface area is 147 Å². The molecule has 0 saturated heterocycles. The quantitative estimate of drug-likeness (QED) is 0.783. The summed E-state index contributed by atoms with van der Waals surface area (Å²) in [6.45, 7) is 4.39. The predicted molar refractivity (Wildman–Crippen MR) is 96.1 cm³/mol. The highest BCUT2D eigenvalue weighted by molar-refractivity contribution is 7.84. The summed E-state index contributed by atoms with van der Waals surface area (Å²) in [5.41, 5.74) is 2.88. The summed E-state index contributed by atoms with van der Waals surface area (Å²) in [6, 6.07) is 0. The largest absolute Gasteiger partial charge is 0.481 e. The SMILES string of the molecule is CS(=O)CC1C2=C3CC[C@H]4[C@@](C)(CCC[C@@]4(C)C(=O)O)[C@@H]3C[C@@H]1C2. The van der Waals surface area contributed by atoms with Crippen LogP contribution in [0.1, 0.15) is 58.8 Å². The lowest BCUT2D eigenvalue weighted by Gasteiger charge is -2.62. The average molecular weight is 351 g/mol. The third kappa shape index (κ3) is 2.14. The van der Waals surface area contributed by atoms with Gasteiger partial charge >= 0.3 is 5.97 Å². The van der Waals surface area contributed by atoms with E-state index >= 15 is 0 Å². The molecular formula is C20H30O3S. The van der Waals surface area contributed by atoms with Crippen molar-refractivity contribution in [2.45, 2.75) is 58.8 Å². The van der Waals surface area contributed by atoms with Gasteiger partial charge in [-0.3, -0.25) is 9.00 Å². The summed E-state index contributed by atoms with van der Waals surface area (Å²) in [5, 5.41) is 9.90. The molecular weight excluding hydrogens is 320 g/mol. The molecule has 2 bridgehead atoms. The monoisotopic (exact) mass is 350 g/mol. The lowest BCUT2D eigenvalue weighted by atomic mass is 9.42. The smallest absolute Gasteiger partial charge is 0.309 e. The summed E-state index contributed by atoms with van der Waals surface area (Å²) < 4.78 is 11.7. The van der Waals surface area contributed by atoms with E-state index < -0.39 is 22.2 Å². The predicted octanol–water partition coefficient (Wildman–Crippen LogP) is 4.01. The second kappa shape index (κ2) is 5.43. The molecule has 0 radical (unpaired) electrons. The maximum atomic E-state index is 12.0. The lowest BCUT2D eigenvalue weighted by molar-refractivity contribution is -0.165. The Hall–Kier alpha value is -0.640. The van der Waals surface area contributed by atoms with Gasteiger partial charge in [-0.15, -0.1) is 0 Å². The van der Waals surface area contributed by atoms with Crippen LogP contribution in [0.5, 0.6) is 0 Å². The Kier molecular flexibility index (Phi) is 3.80. The van der Waals surface area contributed by atoms with Crippen LogP contribution in [0.2, 0.25) is 0 Å². The van der Waals surface area contributed by atoms with Crippen molar-refractivity contribution < 1.29 is 14.1 Å². The van der Waals surface area contributed by atoms with Gasteiger partial charge in [0.05, 0.1) is 5.41 Å². The molecule has 0 heterocycles. The summed E-state index contributed by atoms with van der Waals surface area (Å²) in [6.07, 6.45) is 9.44. The first kappa shape index (κ1) is 16.8. The van der Waals surface area contributed by atoms with Gasteiger partial charge in [0.2, 0.25) is 0 Å². The molecule has 0 aromatic carbocycles. The van der Waals surface area contributed by atoms with Gasteiger partial charge in [0, 0.05) is 22.8 Å². The molecule has 5 rings (SSSR count). The van der Waals surface area contributed by atoms with Crippen LogP contribution in [0.4, 0.5) is 0 Å². The van der Waals surface area contributed by atoms with E-state index in [2.05, 4.69) is 6.92 Å². The minimum absolute atomic E-state index is 0.152. The fourth-order valence-electron chi connectivity index (χ4n) is 7.01. The van der Waals surface area contributed by atoms with Crippen molar-refractivity contribution in [1.82, 2.24) is 0 Å². The first-order valence-corrected chi connectivity index (χ1v) is 11.3. The zero-order valence-corrected chi connectivity index (χ0v) is 16.0. The molecule has 24 heavy (non-hydrogen) atoms. The zero-order chi connectivity index (χ0) is 17.3. The number of rotatable bonds is 3. The van der Waals surface area contributed by atoms with Crippen LogP contribution in [0.3, 0.4) is 0 Å². The fraction of sp³-hybridized carbons (Fsp3) is 0.850. The van der Waals surface area contributed by atoms with Gasteiger partial charge < -0.3 is 5.11 Å². The zero-order valence-electron chi connectivity index (χ0n) is 15.1. The Morgan fingerprint density at radius 1 is 1.29 bits per heavy atom. The normalized spacial score (nSPS) is 48.1. The number of hydrogen-bond acceptors (Lipinski definition) is 2. The molecule has 2 unspecified atom stereocenters. The maximum absolute atomic E-state index is 12.0. The van der Waals surface area contributed by atoms with Gasteiger partial charge in [-0.05, 0) is 74.5 Å². The Bertz CT molecular complexity index is 639. The van der Waals surface area contributed by atoms with E-state index in [4.69, 9.17) is 0 Å². The molecule has 5 aliphatic rings. The van der Waals surface area contributed by atoms with E-state index in [1.165, 1.54) is 19.3 Å². The number of allylic oxidation sites excluding steroid dienone is 2. The number of fused-ring (bicyclic) bond motifs is 1. The topological polar surface area (TPSA) is 54.4 Å². The Balaban J connectivity index is 1.69. The van der Waals surface area contributed by atoms with Crippen molar-refractivity contribution in [2.75, 3.05) is 12.0 Å². The number of aliphatic carboxylic acids is 1. The minimum atomic E-state index is -0.714. The molecule has 0 amide bonds. The van der Waals surface area contributed by atoms with Crippen LogP contribution in [0, 0.1) is 34.5 Å². The summed E-state index contributed by atoms with van der Waals surface area (Å²) >= 11 is 0. The second-order valence-electron chi connectivity index (χ2n) is 9.32. The van der Waals surface area contributed by atoms with Gasteiger partial charge in [-0.25, -0.2) is 0 Å². The summed E-state index contributed by atoms with van der Waals surface area (Å²) in [4.78, 5) is 12.0. The van der Waals surface area contributed by atoms with Gasteiger partial charge in [0.25, 0.3) is 0 Å². The molecule has 3 fully saturated rings. The van der Waals surface area contributed by atoms with E-state index in [1.54, 1.807) is 11.1 Å². The van der Waals surface area contributed by atoms with Crippen molar-refractivity contribution in [2.24, 2.45) is 34.5 Å². The second-order valence-corrected chi connectivity index (χ2v) is 10.8. The van der Waals surface area contributed by atoms with Crippen LogP contribution < -0.4 is 0 Å². The molecule has 0 aromatic heterocycles. The van der Waals surface area contributed by atoms with E-state index in [-0.39, 0.29) is 5.41 Å². The Morgan fingerprint density at radius 3 is 2.71 bits per heavy atom. The van der Waals surface area contributed by atoms with Crippen molar-refractivity contribution in [3.05, 3.63) is 11.1 Å². The maximum Gasteiger partial charge on any atom is 0.309 e. The first-order valence-electron chi connectivity index (χ1n) is 9.52. The minimum Gasteiger partial charge on any atom is -0.481 e. The molecule has 134 valence electrons. The molecule has 1 N–H and O–H groups in total. The molecule has 0 spiro atoms. The highest BCUT2D eigenvalue weighted by Crippen LogP contribution is 2.67. The van der Waals surface area contributed by atoms with E-state index in [1.807, 2.05) is 13.2 Å². The van der Waals surface area contributed by atoms with E-state index in [0.717, 1.165) is 31.4 Å². The highest BCUT2D eigenvalue weighted by Gasteiger charge is 2.60. The Morgan fingerprint density at radius 2 is 2.04 bits per heavy atom.